The number of para-hydroxylation sites is 1. The van der Waals surface area contributed by atoms with Gasteiger partial charge in [-0.25, -0.2) is 4.52 Å². The fraction of sp³-hybridized carbons (Fsp3) is 0.0500. The van der Waals surface area contributed by atoms with Crippen LogP contribution in [0.4, 0.5) is 11.6 Å². The average Bonchev–Trinajstić information content (AvgIpc) is 3.25. The molecule has 6 nitrogen and oxygen atoms in total. The van der Waals surface area contributed by atoms with E-state index in [1.165, 1.54) is 0 Å². The van der Waals surface area contributed by atoms with E-state index in [0.717, 1.165) is 33.7 Å². The van der Waals surface area contributed by atoms with E-state index in [2.05, 4.69) is 20.7 Å². The van der Waals surface area contributed by atoms with Crippen LogP contribution in [0.5, 0.6) is 0 Å². The molecule has 4 aromatic rings. The molecule has 0 aliphatic carbocycles. The van der Waals surface area contributed by atoms with Crippen molar-refractivity contribution in [3.05, 3.63) is 77.9 Å². The summed E-state index contributed by atoms with van der Waals surface area (Å²) in [6.45, 7) is 0.532. The summed E-state index contributed by atoms with van der Waals surface area (Å²) in [4.78, 5) is 16.5. The predicted octanol–water partition coefficient (Wildman–Crippen LogP) is 3.38. The first-order valence-electron chi connectivity index (χ1n) is 8.38. The predicted molar refractivity (Wildman–Crippen MR) is 99.3 cm³/mol. The summed E-state index contributed by atoms with van der Waals surface area (Å²) in [5.41, 5.74) is 5.29. The largest absolute Gasteiger partial charge is 0.348 e. The zero-order chi connectivity index (χ0) is 17.5. The number of hydrogen-bond donors (Lipinski definition) is 2. The molecule has 6 heteroatoms. The normalized spacial score (nSPS) is 12.8. The maximum absolute atomic E-state index is 12.0. The number of pyridine rings is 1. The van der Waals surface area contributed by atoms with Gasteiger partial charge in [-0.2, -0.15) is 4.98 Å². The Morgan fingerprint density at radius 2 is 1.73 bits per heavy atom. The molecule has 3 heterocycles. The third-order valence-electron chi connectivity index (χ3n) is 4.51. The first kappa shape index (κ1) is 14.7. The Morgan fingerprint density at radius 3 is 2.62 bits per heavy atom. The van der Waals surface area contributed by atoms with Crippen molar-refractivity contribution >= 4 is 23.2 Å². The topological polar surface area (TPSA) is 71.3 Å². The molecule has 2 N–H and O–H groups in total. The minimum absolute atomic E-state index is 0.0287. The molecule has 1 amide bonds. The van der Waals surface area contributed by atoms with E-state index in [1.807, 2.05) is 71.2 Å². The molecule has 126 valence electrons. The molecule has 26 heavy (non-hydrogen) atoms. The summed E-state index contributed by atoms with van der Waals surface area (Å²) in [5.74, 6) is 0.504. The number of anilines is 2. The Balaban J connectivity index is 1.63. The van der Waals surface area contributed by atoms with Crippen molar-refractivity contribution in [3.63, 3.8) is 0 Å². The maximum Gasteiger partial charge on any atom is 0.251 e. The molecule has 2 aromatic carbocycles. The molecule has 2 aromatic heterocycles. The number of aromatic nitrogens is 3. The first-order chi connectivity index (χ1) is 12.8. The number of carbonyl (C=O) groups excluding carboxylic acids is 1. The number of rotatable bonds is 3. The summed E-state index contributed by atoms with van der Waals surface area (Å²) in [5, 5.41) is 10.7. The number of amides is 1. The lowest BCUT2D eigenvalue weighted by Crippen LogP contribution is -2.12. The van der Waals surface area contributed by atoms with Gasteiger partial charge in [-0.1, -0.05) is 36.4 Å². The Hall–Kier alpha value is -3.67. The summed E-state index contributed by atoms with van der Waals surface area (Å²) in [6, 6.07) is 21.4. The summed E-state index contributed by atoms with van der Waals surface area (Å²) in [6.07, 6.45) is 0. The zero-order valence-corrected chi connectivity index (χ0v) is 13.8. The number of benzene rings is 2. The second kappa shape index (κ2) is 5.70. The number of nitrogens with zero attached hydrogens (tertiary/aromatic N) is 3. The van der Waals surface area contributed by atoms with Crippen LogP contribution in [0, 0.1) is 0 Å². The van der Waals surface area contributed by atoms with Gasteiger partial charge in [0.05, 0.1) is 5.69 Å². The van der Waals surface area contributed by atoms with E-state index in [1.54, 1.807) is 0 Å². The van der Waals surface area contributed by atoms with E-state index < -0.39 is 0 Å². The molecule has 1 aliphatic heterocycles. The second-order valence-electron chi connectivity index (χ2n) is 6.12. The fourth-order valence-corrected chi connectivity index (χ4v) is 3.31. The van der Waals surface area contributed by atoms with Crippen LogP contribution in [0.1, 0.15) is 15.9 Å². The highest BCUT2D eigenvalue weighted by Crippen LogP contribution is 2.29. The fourth-order valence-electron chi connectivity index (χ4n) is 3.31. The van der Waals surface area contributed by atoms with Crippen LogP contribution in [-0.4, -0.2) is 20.5 Å². The highest BCUT2D eigenvalue weighted by Gasteiger charge is 2.23. The quantitative estimate of drug-likeness (QED) is 0.599. The van der Waals surface area contributed by atoms with Crippen LogP contribution in [0.3, 0.4) is 0 Å². The van der Waals surface area contributed by atoms with Gasteiger partial charge in [0.1, 0.15) is 0 Å². The van der Waals surface area contributed by atoms with Crippen molar-refractivity contribution in [1.82, 2.24) is 19.9 Å². The van der Waals surface area contributed by atoms with E-state index in [4.69, 9.17) is 0 Å². The third kappa shape index (κ3) is 2.31. The molecule has 5 rings (SSSR count). The number of nitrogens with one attached hydrogen (secondary N) is 2. The highest BCUT2D eigenvalue weighted by atomic mass is 16.1. The number of carbonyl (C=O) groups is 1. The molecule has 0 saturated heterocycles. The first-order valence-corrected chi connectivity index (χ1v) is 8.38. The van der Waals surface area contributed by atoms with Crippen molar-refractivity contribution in [2.24, 2.45) is 0 Å². The molecule has 0 bridgehead atoms. The van der Waals surface area contributed by atoms with Gasteiger partial charge < -0.3 is 10.6 Å². The lowest BCUT2D eigenvalue weighted by Gasteiger charge is -2.08. The molecule has 0 radical (unpaired) electrons. The Kier molecular flexibility index (Phi) is 3.21. The monoisotopic (exact) mass is 341 g/mol. The molecular weight excluding hydrogens is 326 g/mol. The van der Waals surface area contributed by atoms with Crippen LogP contribution in [0.15, 0.2) is 66.7 Å². The number of hydrogen-bond acceptors (Lipinski definition) is 4. The van der Waals surface area contributed by atoms with E-state index >= 15 is 0 Å². The van der Waals surface area contributed by atoms with Crippen molar-refractivity contribution in [2.75, 3.05) is 5.32 Å². The number of fused-ring (bicyclic) bond motifs is 2. The van der Waals surface area contributed by atoms with Crippen molar-refractivity contribution in [1.29, 1.82) is 0 Å². The van der Waals surface area contributed by atoms with E-state index in [9.17, 15) is 4.79 Å². The van der Waals surface area contributed by atoms with Gasteiger partial charge >= 0.3 is 0 Å². The summed E-state index contributed by atoms with van der Waals surface area (Å²) >= 11 is 0. The third-order valence-corrected chi connectivity index (χ3v) is 4.51. The van der Waals surface area contributed by atoms with Crippen molar-refractivity contribution in [3.8, 4) is 11.3 Å². The van der Waals surface area contributed by atoms with Crippen molar-refractivity contribution < 1.29 is 4.79 Å². The second-order valence-corrected chi connectivity index (χ2v) is 6.12. The smallest absolute Gasteiger partial charge is 0.251 e. The summed E-state index contributed by atoms with van der Waals surface area (Å²) in [7, 11) is 0. The van der Waals surface area contributed by atoms with Gasteiger partial charge in [0.2, 0.25) is 5.95 Å². The van der Waals surface area contributed by atoms with Crippen molar-refractivity contribution in [2.45, 2.75) is 6.54 Å². The van der Waals surface area contributed by atoms with Crippen LogP contribution < -0.4 is 10.6 Å². The van der Waals surface area contributed by atoms with Gasteiger partial charge in [0.15, 0.2) is 5.65 Å². The van der Waals surface area contributed by atoms with Gasteiger partial charge in [-0.3, -0.25) is 4.79 Å². The standard InChI is InChI=1S/C20H15N5O/c26-19-15-9-4-8-14(16(15)12-21-19)17-10-5-11-18-23-20(24-25(17)18)22-13-6-2-1-3-7-13/h1-11H,12H2,(H,21,26)(H,22,24). The lowest BCUT2D eigenvalue weighted by atomic mass is 10.0. The zero-order valence-electron chi connectivity index (χ0n) is 13.8. The highest BCUT2D eigenvalue weighted by molar-refractivity contribution is 6.00. The molecule has 0 atom stereocenters. The lowest BCUT2D eigenvalue weighted by molar-refractivity contribution is 0.0966. The Bertz CT molecular complexity index is 1130. The Labute approximate surface area is 149 Å². The average molecular weight is 341 g/mol. The van der Waals surface area contributed by atoms with Crippen LogP contribution in [0.2, 0.25) is 0 Å². The van der Waals surface area contributed by atoms with E-state index in [-0.39, 0.29) is 5.91 Å². The van der Waals surface area contributed by atoms with Gasteiger partial charge in [-0.15, -0.1) is 5.10 Å². The summed E-state index contributed by atoms with van der Waals surface area (Å²) < 4.78 is 1.81. The Morgan fingerprint density at radius 1 is 0.923 bits per heavy atom. The van der Waals surface area contributed by atoms with Gasteiger partial charge in [-0.05, 0) is 35.9 Å². The minimum atomic E-state index is -0.0287. The van der Waals surface area contributed by atoms with Crippen LogP contribution in [0.25, 0.3) is 16.9 Å². The van der Waals surface area contributed by atoms with Gasteiger partial charge in [0, 0.05) is 23.4 Å². The molecule has 0 unspecified atom stereocenters. The van der Waals surface area contributed by atoms with Crippen LogP contribution >= 0.6 is 0 Å². The molecule has 1 aliphatic rings. The van der Waals surface area contributed by atoms with Crippen LogP contribution in [-0.2, 0) is 6.54 Å². The van der Waals surface area contributed by atoms with E-state index in [0.29, 0.717) is 12.5 Å². The van der Waals surface area contributed by atoms with Gasteiger partial charge in [0.25, 0.3) is 5.91 Å². The SMILES string of the molecule is O=C1NCc2c1cccc2-c1cccc2nc(Nc3ccccc3)nn12. The molecule has 0 fully saturated rings. The minimum Gasteiger partial charge on any atom is -0.348 e. The molecular formula is C20H15N5O. The molecule has 0 saturated carbocycles. The maximum atomic E-state index is 12.0. The molecule has 0 spiro atoms.